The number of alkyl carbamates (subject to hydrolysis) is 2. The number of halogens is 2. The third-order valence-corrected chi connectivity index (χ3v) is 6.86. The van der Waals surface area contributed by atoms with Crippen molar-refractivity contribution in [2.24, 2.45) is 11.8 Å². The molecule has 0 unspecified atom stereocenters. The molecule has 4 rings (SSSR count). The van der Waals surface area contributed by atoms with Crippen LogP contribution < -0.4 is 20.9 Å². The average molecular weight is 656 g/mol. The van der Waals surface area contributed by atoms with Gasteiger partial charge in [-0.3, -0.25) is 9.97 Å². The molecule has 2 aliphatic rings. The SMILES string of the molecule is CC(C)(C)OC(=O)NCC1CCN(c2ccncc2)CC1.CC(C)(C)OC(=O)NCC1CCNCC1.Cl.Clc1ccncc1. The van der Waals surface area contributed by atoms with Gasteiger partial charge in [-0.15, -0.1) is 12.4 Å². The number of nitrogens with one attached hydrogen (secondary N) is 3. The minimum absolute atomic E-state index is 0. The number of ether oxygens (including phenoxy) is 2. The number of piperidine rings is 2. The van der Waals surface area contributed by atoms with Crippen molar-refractivity contribution < 1.29 is 19.1 Å². The van der Waals surface area contributed by atoms with Gasteiger partial charge < -0.3 is 30.3 Å². The molecule has 2 aliphatic heterocycles. The van der Waals surface area contributed by atoms with E-state index < -0.39 is 11.2 Å². The van der Waals surface area contributed by atoms with Gasteiger partial charge in [-0.2, -0.15) is 0 Å². The monoisotopic (exact) mass is 654 g/mol. The number of carbonyl (C=O) groups is 2. The summed E-state index contributed by atoms with van der Waals surface area (Å²) in [6.07, 6.45) is 10.8. The number of hydrogen-bond acceptors (Lipinski definition) is 8. The fourth-order valence-electron chi connectivity index (χ4n) is 4.45. The zero-order valence-corrected chi connectivity index (χ0v) is 28.7. The lowest BCUT2D eigenvalue weighted by Gasteiger charge is -2.33. The van der Waals surface area contributed by atoms with Crippen molar-refractivity contribution in [3.8, 4) is 0 Å². The Morgan fingerprint density at radius 2 is 1.20 bits per heavy atom. The van der Waals surface area contributed by atoms with Crippen molar-refractivity contribution in [2.75, 3.05) is 44.2 Å². The van der Waals surface area contributed by atoms with Gasteiger partial charge >= 0.3 is 12.2 Å². The maximum Gasteiger partial charge on any atom is 0.407 e. The third-order valence-electron chi connectivity index (χ3n) is 6.61. The number of amides is 2. The van der Waals surface area contributed by atoms with Gasteiger partial charge in [0.2, 0.25) is 0 Å². The average Bonchev–Trinajstić information content (AvgIpc) is 2.96. The van der Waals surface area contributed by atoms with E-state index in [9.17, 15) is 9.59 Å². The highest BCUT2D eigenvalue weighted by Gasteiger charge is 2.22. The summed E-state index contributed by atoms with van der Waals surface area (Å²) in [5, 5.41) is 9.72. The Labute approximate surface area is 274 Å². The molecule has 0 radical (unpaired) electrons. The Hall–Kier alpha value is -2.82. The van der Waals surface area contributed by atoms with E-state index in [0.29, 0.717) is 18.4 Å². The Morgan fingerprint density at radius 1 is 0.795 bits per heavy atom. The number of rotatable bonds is 5. The van der Waals surface area contributed by atoms with Gasteiger partial charge in [0.25, 0.3) is 0 Å². The zero-order valence-electron chi connectivity index (χ0n) is 27.1. The molecule has 2 amide bonds. The van der Waals surface area contributed by atoms with Crippen LogP contribution in [0, 0.1) is 11.8 Å². The highest BCUT2D eigenvalue weighted by Crippen LogP contribution is 2.22. The van der Waals surface area contributed by atoms with Crippen molar-refractivity contribution >= 4 is 41.9 Å². The Kier molecular flexibility index (Phi) is 18.0. The minimum Gasteiger partial charge on any atom is -0.444 e. The molecular weight excluding hydrogens is 603 g/mol. The molecule has 2 saturated heterocycles. The molecule has 0 saturated carbocycles. The number of pyridine rings is 2. The van der Waals surface area contributed by atoms with Crippen LogP contribution in [-0.2, 0) is 9.47 Å². The van der Waals surface area contributed by atoms with Gasteiger partial charge in [0.05, 0.1) is 0 Å². The maximum atomic E-state index is 11.6. The molecule has 4 heterocycles. The second kappa shape index (κ2) is 20.3. The topological polar surface area (TPSA) is 118 Å². The summed E-state index contributed by atoms with van der Waals surface area (Å²) in [5.74, 6) is 1.12. The number of nitrogens with zero attached hydrogens (tertiary/aromatic N) is 3. The highest BCUT2D eigenvalue weighted by molar-refractivity contribution is 6.30. The van der Waals surface area contributed by atoms with Gasteiger partial charge in [0.15, 0.2) is 0 Å². The van der Waals surface area contributed by atoms with Crippen LogP contribution in [0.3, 0.4) is 0 Å². The van der Waals surface area contributed by atoms with E-state index in [2.05, 4.69) is 30.8 Å². The lowest BCUT2D eigenvalue weighted by molar-refractivity contribution is 0.0505. The van der Waals surface area contributed by atoms with Crippen LogP contribution in [0.25, 0.3) is 0 Å². The molecule has 2 fully saturated rings. The zero-order chi connectivity index (χ0) is 31.7. The first-order valence-corrected chi connectivity index (χ1v) is 15.5. The Balaban J connectivity index is 0.000000366. The second-order valence-corrected chi connectivity index (χ2v) is 13.2. The number of anilines is 1. The molecule has 0 aromatic carbocycles. The second-order valence-electron chi connectivity index (χ2n) is 12.8. The summed E-state index contributed by atoms with van der Waals surface area (Å²) in [7, 11) is 0. The molecular formula is C32H52Cl2N6O4. The third kappa shape index (κ3) is 18.8. The van der Waals surface area contributed by atoms with Crippen molar-refractivity contribution in [3.63, 3.8) is 0 Å². The first-order valence-electron chi connectivity index (χ1n) is 15.2. The van der Waals surface area contributed by atoms with Gasteiger partial charge in [-0.25, -0.2) is 9.59 Å². The lowest BCUT2D eigenvalue weighted by Crippen LogP contribution is -2.40. The van der Waals surface area contributed by atoms with Crippen LogP contribution in [0.15, 0.2) is 49.1 Å². The quantitative estimate of drug-likeness (QED) is 0.335. The highest BCUT2D eigenvalue weighted by atomic mass is 35.5. The van der Waals surface area contributed by atoms with Crippen LogP contribution >= 0.6 is 24.0 Å². The van der Waals surface area contributed by atoms with Crippen LogP contribution in [0.1, 0.15) is 67.2 Å². The van der Waals surface area contributed by atoms with Crippen LogP contribution in [-0.4, -0.2) is 72.6 Å². The van der Waals surface area contributed by atoms with E-state index in [-0.39, 0.29) is 24.6 Å². The van der Waals surface area contributed by atoms with E-state index in [1.807, 2.05) is 66.1 Å². The molecule has 0 bridgehead atoms. The molecule has 2 aromatic heterocycles. The van der Waals surface area contributed by atoms with Crippen molar-refractivity contribution in [3.05, 3.63) is 54.1 Å². The standard InChI is InChI=1S/C16H25N3O2.C11H22N2O2.C5H4ClN.ClH/c1-16(2,3)21-15(20)18-12-13-6-10-19(11-7-13)14-4-8-17-9-5-14;1-11(2,3)15-10(14)13-8-9-4-6-12-7-5-9;6-5-1-3-7-4-2-5;/h4-5,8-9,13H,6-7,10-12H2,1-3H3,(H,18,20);9,12H,4-8H2,1-3H3,(H,13,14);1-4H;1H. The molecule has 44 heavy (non-hydrogen) atoms. The van der Waals surface area contributed by atoms with Gasteiger partial charge in [-0.1, -0.05) is 11.6 Å². The number of aromatic nitrogens is 2. The normalized spacial score (nSPS) is 15.7. The predicted molar refractivity (Wildman–Crippen MR) is 180 cm³/mol. The van der Waals surface area contributed by atoms with E-state index in [1.165, 1.54) is 5.69 Å². The van der Waals surface area contributed by atoms with Crippen LogP contribution in [0.4, 0.5) is 15.3 Å². The number of hydrogen-bond donors (Lipinski definition) is 3. The first kappa shape index (κ1) is 39.2. The van der Waals surface area contributed by atoms with Gasteiger partial charge in [0, 0.05) is 61.7 Å². The smallest absolute Gasteiger partial charge is 0.407 e. The summed E-state index contributed by atoms with van der Waals surface area (Å²) in [6, 6.07) is 7.56. The van der Waals surface area contributed by atoms with Crippen LogP contribution in [0.2, 0.25) is 5.02 Å². The van der Waals surface area contributed by atoms with E-state index in [4.69, 9.17) is 21.1 Å². The minimum atomic E-state index is -0.436. The summed E-state index contributed by atoms with van der Waals surface area (Å²) in [4.78, 5) is 33.2. The molecule has 12 heteroatoms. The summed E-state index contributed by atoms with van der Waals surface area (Å²) < 4.78 is 10.4. The molecule has 2 aromatic rings. The summed E-state index contributed by atoms with van der Waals surface area (Å²) >= 11 is 5.50. The van der Waals surface area contributed by atoms with Crippen molar-refractivity contribution in [1.82, 2.24) is 25.9 Å². The molecule has 10 nitrogen and oxygen atoms in total. The molecule has 0 spiro atoms. The first-order chi connectivity index (χ1) is 20.3. The molecule has 0 aliphatic carbocycles. The molecule has 3 N–H and O–H groups in total. The van der Waals surface area contributed by atoms with Crippen molar-refractivity contribution in [2.45, 2.75) is 78.4 Å². The summed E-state index contributed by atoms with van der Waals surface area (Å²) in [6.45, 7) is 16.8. The van der Waals surface area contributed by atoms with Gasteiger partial charge in [0.1, 0.15) is 11.2 Å². The largest absolute Gasteiger partial charge is 0.444 e. The fourth-order valence-corrected chi connectivity index (χ4v) is 4.57. The fraction of sp³-hybridized carbons (Fsp3) is 0.625. The summed E-state index contributed by atoms with van der Waals surface area (Å²) in [5.41, 5.74) is 0.385. The lowest BCUT2D eigenvalue weighted by atomic mass is 9.96. The van der Waals surface area contributed by atoms with E-state index in [1.54, 1.807) is 24.5 Å². The van der Waals surface area contributed by atoms with E-state index in [0.717, 1.165) is 63.4 Å². The molecule has 248 valence electrons. The Morgan fingerprint density at radius 3 is 1.59 bits per heavy atom. The van der Waals surface area contributed by atoms with E-state index >= 15 is 0 Å². The number of carbonyl (C=O) groups excluding carboxylic acids is 2. The van der Waals surface area contributed by atoms with Crippen molar-refractivity contribution in [1.29, 1.82) is 0 Å². The molecule has 0 atom stereocenters. The van der Waals surface area contributed by atoms with Gasteiger partial charge in [-0.05, 0) is 116 Å². The van der Waals surface area contributed by atoms with Crippen LogP contribution in [0.5, 0.6) is 0 Å². The predicted octanol–water partition coefficient (Wildman–Crippen LogP) is 6.49. The maximum absolute atomic E-state index is 11.6. The Bertz CT molecular complexity index is 1050.